The van der Waals surface area contributed by atoms with Crippen molar-refractivity contribution in [1.29, 1.82) is 0 Å². The number of nitrogens with zero attached hydrogens (tertiary/aromatic N) is 1. The van der Waals surface area contributed by atoms with E-state index in [1.54, 1.807) is 54.6 Å². The van der Waals surface area contributed by atoms with Crippen LogP contribution < -0.4 is 5.32 Å². The lowest BCUT2D eigenvalue weighted by molar-refractivity contribution is -0.119. The van der Waals surface area contributed by atoms with Crippen LogP contribution in [-0.4, -0.2) is 31.2 Å². The van der Waals surface area contributed by atoms with E-state index in [-0.39, 0.29) is 10.8 Å². The molecule has 0 saturated carbocycles. The number of hydrogen-bond donors (Lipinski definition) is 1. The van der Waals surface area contributed by atoms with Crippen LogP contribution in [0.1, 0.15) is 18.4 Å². The summed E-state index contributed by atoms with van der Waals surface area (Å²) in [5, 5.41) is 2.77. The molecule has 0 spiro atoms. The van der Waals surface area contributed by atoms with Gasteiger partial charge in [0.05, 0.1) is 4.90 Å². The molecule has 1 aliphatic rings. The summed E-state index contributed by atoms with van der Waals surface area (Å²) < 4.78 is 26.9. The summed E-state index contributed by atoms with van der Waals surface area (Å²) in [5.41, 5.74) is 1.21. The van der Waals surface area contributed by atoms with Crippen molar-refractivity contribution in [2.45, 2.75) is 23.8 Å². The molecule has 5 nitrogen and oxygen atoms in total. The Morgan fingerprint density at radius 1 is 1.16 bits per heavy atom. The number of sulfonamides is 1. The van der Waals surface area contributed by atoms with Gasteiger partial charge in [-0.2, -0.15) is 4.31 Å². The van der Waals surface area contributed by atoms with Crippen LogP contribution >= 0.6 is 0 Å². The van der Waals surface area contributed by atoms with Crippen LogP contribution in [0, 0.1) is 12.3 Å². The molecule has 1 heterocycles. The van der Waals surface area contributed by atoms with Gasteiger partial charge in [0.15, 0.2) is 0 Å². The molecular weight excluding hydrogens is 336 g/mol. The molecule has 0 bridgehead atoms. The standard InChI is InChI=1S/C19H18N2O3S/c1-2-15-8-6-9-16(14-15)20-19(22)18-12-7-13-21(18)25(23,24)17-10-4-3-5-11-17/h1,3-6,8-11,14,18H,7,12-13H2,(H,20,22). The molecule has 0 radical (unpaired) electrons. The molecule has 6 heteroatoms. The summed E-state index contributed by atoms with van der Waals surface area (Å²) >= 11 is 0. The minimum atomic E-state index is -3.70. The van der Waals surface area contributed by atoms with Crippen molar-refractivity contribution < 1.29 is 13.2 Å². The second-order valence-electron chi connectivity index (χ2n) is 5.80. The number of carbonyl (C=O) groups is 1. The summed E-state index contributed by atoms with van der Waals surface area (Å²) in [7, 11) is -3.70. The fraction of sp³-hybridized carbons (Fsp3) is 0.211. The van der Waals surface area contributed by atoms with Crippen LogP contribution in [0.4, 0.5) is 5.69 Å². The van der Waals surface area contributed by atoms with Gasteiger partial charge in [0, 0.05) is 17.8 Å². The van der Waals surface area contributed by atoms with Gasteiger partial charge in [0.1, 0.15) is 6.04 Å². The van der Waals surface area contributed by atoms with Crippen LogP contribution in [0.25, 0.3) is 0 Å². The smallest absolute Gasteiger partial charge is 0.243 e. The Morgan fingerprint density at radius 3 is 2.64 bits per heavy atom. The lowest BCUT2D eigenvalue weighted by Crippen LogP contribution is -2.43. The van der Waals surface area contributed by atoms with Crippen molar-refractivity contribution in [1.82, 2.24) is 4.31 Å². The average Bonchev–Trinajstić information content (AvgIpc) is 3.13. The first-order valence-corrected chi connectivity index (χ1v) is 9.41. The summed E-state index contributed by atoms with van der Waals surface area (Å²) in [4.78, 5) is 12.8. The first-order valence-electron chi connectivity index (χ1n) is 7.97. The van der Waals surface area contributed by atoms with Crippen molar-refractivity contribution in [3.05, 3.63) is 60.2 Å². The summed E-state index contributed by atoms with van der Waals surface area (Å²) in [5.74, 6) is 2.17. The molecule has 0 aliphatic carbocycles. The van der Waals surface area contributed by atoms with E-state index in [4.69, 9.17) is 6.42 Å². The van der Waals surface area contributed by atoms with Crippen LogP contribution in [0.2, 0.25) is 0 Å². The Morgan fingerprint density at radius 2 is 1.92 bits per heavy atom. The molecular formula is C19H18N2O3S. The molecule has 0 aromatic heterocycles. The van der Waals surface area contributed by atoms with E-state index < -0.39 is 16.1 Å². The average molecular weight is 354 g/mol. The van der Waals surface area contributed by atoms with Crippen molar-refractivity contribution in [2.24, 2.45) is 0 Å². The van der Waals surface area contributed by atoms with Gasteiger partial charge in [-0.1, -0.05) is 30.2 Å². The van der Waals surface area contributed by atoms with Gasteiger partial charge in [-0.05, 0) is 43.2 Å². The highest BCUT2D eigenvalue weighted by atomic mass is 32.2. The molecule has 1 atom stereocenters. The topological polar surface area (TPSA) is 66.5 Å². The zero-order chi connectivity index (χ0) is 17.9. The summed E-state index contributed by atoms with van der Waals surface area (Å²) in [6, 6.07) is 14.4. The molecule has 3 rings (SSSR count). The van der Waals surface area contributed by atoms with Gasteiger partial charge < -0.3 is 5.32 Å². The maximum atomic E-state index is 12.8. The van der Waals surface area contributed by atoms with E-state index in [2.05, 4.69) is 11.2 Å². The van der Waals surface area contributed by atoms with Gasteiger partial charge in [0.2, 0.25) is 15.9 Å². The Kier molecular flexibility index (Phi) is 4.88. The number of benzene rings is 2. The molecule has 1 N–H and O–H groups in total. The van der Waals surface area contributed by atoms with Crippen LogP contribution in [-0.2, 0) is 14.8 Å². The first kappa shape index (κ1) is 17.2. The van der Waals surface area contributed by atoms with Gasteiger partial charge >= 0.3 is 0 Å². The highest BCUT2D eigenvalue weighted by molar-refractivity contribution is 7.89. The van der Waals surface area contributed by atoms with Gasteiger partial charge in [0.25, 0.3) is 0 Å². The maximum Gasteiger partial charge on any atom is 0.243 e. The SMILES string of the molecule is C#Cc1cccc(NC(=O)C2CCCN2S(=O)(=O)c2ccccc2)c1. The van der Waals surface area contributed by atoms with Crippen molar-refractivity contribution in [2.75, 3.05) is 11.9 Å². The van der Waals surface area contributed by atoms with Crippen molar-refractivity contribution in [3.8, 4) is 12.3 Å². The monoisotopic (exact) mass is 354 g/mol. The predicted molar refractivity (Wildman–Crippen MR) is 96.4 cm³/mol. The molecule has 1 aliphatic heterocycles. The highest BCUT2D eigenvalue weighted by Gasteiger charge is 2.39. The zero-order valence-electron chi connectivity index (χ0n) is 13.6. The first-order chi connectivity index (χ1) is 12.0. The van der Waals surface area contributed by atoms with Gasteiger partial charge in [-0.15, -0.1) is 6.42 Å². The molecule has 2 aromatic carbocycles. The third-order valence-corrected chi connectivity index (χ3v) is 6.08. The quantitative estimate of drug-likeness (QED) is 0.858. The minimum absolute atomic E-state index is 0.198. The fourth-order valence-corrected chi connectivity index (χ4v) is 4.61. The maximum absolute atomic E-state index is 12.8. The van der Waals surface area contributed by atoms with E-state index in [9.17, 15) is 13.2 Å². The Hall–Kier alpha value is -2.62. The third kappa shape index (κ3) is 3.58. The lowest BCUT2D eigenvalue weighted by Gasteiger charge is -2.23. The number of rotatable bonds is 4. The predicted octanol–water partition coefficient (Wildman–Crippen LogP) is 2.46. The zero-order valence-corrected chi connectivity index (χ0v) is 14.4. The fourth-order valence-electron chi connectivity index (χ4n) is 2.93. The number of hydrogen-bond acceptors (Lipinski definition) is 3. The second-order valence-corrected chi connectivity index (χ2v) is 7.69. The largest absolute Gasteiger partial charge is 0.325 e. The third-order valence-electron chi connectivity index (χ3n) is 4.15. The second kappa shape index (κ2) is 7.09. The molecule has 1 fully saturated rings. The van der Waals surface area contributed by atoms with Crippen molar-refractivity contribution >= 4 is 21.6 Å². The van der Waals surface area contributed by atoms with E-state index in [1.165, 1.54) is 4.31 Å². The lowest BCUT2D eigenvalue weighted by atomic mass is 10.2. The van der Waals surface area contributed by atoms with E-state index in [0.29, 0.717) is 30.6 Å². The van der Waals surface area contributed by atoms with Gasteiger partial charge in [-0.25, -0.2) is 8.42 Å². The number of nitrogens with one attached hydrogen (secondary N) is 1. The highest BCUT2D eigenvalue weighted by Crippen LogP contribution is 2.27. The molecule has 2 aromatic rings. The van der Waals surface area contributed by atoms with Crippen LogP contribution in [0.5, 0.6) is 0 Å². The molecule has 1 saturated heterocycles. The molecule has 1 unspecified atom stereocenters. The number of amides is 1. The van der Waals surface area contributed by atoms with Crippen LogP contribution in [0.3, 0.4) is 0 Å². The van der Waals surface area contributed by atoms with E-state index in [1.807, 2.05) is 0 Å². The molecule has 25 heavy (non-hydrogen) atoms. The van der Waals surface area contributed by atoms with Crippen molar-refractivity contribution in [3.63, 3.8) is 0 Å². The van der Waals surface area contributed by atoms with Crippen LogP contribution in [0.15, 0.2) is 59.5 Å². The summed E-state index contributed by atoms with van der Waals surface area (Å²) in [6.07, 6.45) is 6.51. The Balaban J connectivity index is 1.81. The normalized spacial score (nSPS) is 17.8. The minimum Gasteiger partial charge on any atom is -0.325 e. The summed E-state index contributed by atoms with van der Waals surface area (Å²) in [6.45, 7) is 0.333. The van der Waals surface area contributed by atoms with E-state index >= 15 is 0 Å². The van der Waals surface area contributed by atoms with Gasteiger partial charge in [-0.3, -0.25) is 4.79 Å². The number of carbonyl (C=O) groups excluding carboxylic acids is 1. The molecule has 1 amide bonds. The number of terminal acetylenes is 1. The van der Waals surface area contributed by atoms with E-state index in [0.717, 1.165) is 0 Å². The Bertz CT molecular complexity index is 917. The molecule has 128 valence electrons. The Labute approximate surface area is 147 Å². The number of anilines is 1.